The molecule has 1 aliphatic heterocycles. The molecule has 94 valence electrons. The topological polar surface area (TPSA) is 63.2 Å². The second kappa shape index (κ2) is 4.42. The number of hydrogen-bond donors (Lipinski definition) is 0. The molecular formula is C10H14ClN3O2S. The van der Waals surface area contributed by atoms with Crippen LogP contribution in [0.3, 0.4) is 0 Å². The number of hydrogen-bond acceptors (Lipinski definition) is 5. The van der Waals surface area contributed by atoms with Gasteiger partial charge in [0.1, 0.15) is 16.8 Å². The minimum atomic E-state index is -2.87. The minimum Gasteiger partial charge on any atom is -0.354 e. The monoisotopic (exact) mass is 275 g/mol. The third kappa shape index (κ3) is 2.69. The van der Waals surface area contributed by atoms with Crippen LogP contribution in [0.15, 0.2) is 0 Å². The predicted molar refractivity (Wildman–Crippen MR) is 67.4 cm³/mol. The average molecular weight is 276 g/mol. The molecule has 1 aromatic rings. The smallest absolute Gasteiger partial charge is 0.153 e. The highest BCUT2D eigenvalue weighted by Crippen LogP contribution is 2.24. The van der Waals surface area contributed by atoms with Gasteiger partial charge in [-0.05, 0) is 13.8 Å². The van der Waals surface area contributed by atoms with Crippen LogP contribution < -0.4 is 4.90 Å². The van der Waals surface area contributed by atoms with Gasteiger partial charge in [0.2, 0.25) is 0 Å². The summed E-state index contributed by atoms with van der Waals surface area (Å²) < 4.78 is 22.7. The van der Waals surface area contributed by atoms with E-state index in [1.807, 2.05) is 11.8 Å². The Kier molecular flexibility index (Phi) is 3.27. The molecular weight excluding hydrogens is 262 g/mol. The highest BCUT2D eigenvalue weighted by atomic mass is 35.5. The lowest BCUT2D eigenvalue weighted by atomic mass is 10.3. The number of halogens is 1. The van der Waals surface area contributed by atoms with Gasteiger partial charge in [-0.25, -0.2) is 18.4 Å². The van der Waals surface area contributed by atoms with E-state index in [2.05, 4.69) is 9.97 Å². The van der Waals surface area contributed by atoms with Gasteiger partial charge in [0, 0.05) is 18.7 Å². The summed E-state index contributed by atoms with van der Waals surface area (Å²) in [6, 6.07) is 0. The molecule has 1 aliphatic rings. The maximum atomic E-state index is 11.4. The number of anilines is 1. The first kappa shape index (κ1) is 12.6. The van der Waals surface area contributed by atoms with E-state index >= 15 is 0 Å². The molecule has 17 heavy (non-hydrogen) atoms. The zero-order valence-electron chi connectivity index (χ0n) is 9.77. The number of nitrogens with zero attached hydrogens (tertiary/aromatic N) is 3. The number of aromatic nitrogens is 2. The van der Waals surface area contributed by atoms with Crippen LogP contribution in [-0.4, -0.2) is 43.0 Å². The third-order valence-corrected chi connectivity index (χ3v) is 4.79. The van der Waals surface area contributed by atoms with Crippen molar-refractivity contribution in [1.29, 1.82) is 0 Å². The quantitative estimate of drug-likeness (QED) is 0.715. The molecule has 0 aromatic carbocycles. The number of sulfone groups is 1. The molecule has 0 bridgehead atoms. The van der Waals surface area contributed by atoms with Gasteiger partial charge in [0.25, 0.3) is 0 Å². The fourth-order valence-corrected chi connectivity index (χ4v) is 3.22. The van der Waals surface area contributed by atoms with Crippen LogP contribution in [0.4, 0.5) is 5.82 Å². The predicted octanol–water partition coefficient (Wildman–Crippen LogP) is 0.982. The summed E-state index contributed by atoms with van der Waals surface area (Å²) in [5.74, 6) is 1.70. The third-order valence-electron chi connectivity index (χ3n) is 2.82. The highest BCUT2D eigenvalue weighted by molar-refractivity contribution is 7.91. The van der Waals surface area contributed by atoms with Crippen LogP contribution in [0, 0.1) is 13.8 Å². The van der Waals surface area contributed by atoms with Gasteiger partial charge in [-0.3, -0.25) is 0 Å². The van der Waals surface area contributed by atoms with E-state index in [-0.39, 0.29) is 11.5 Å². The first-order chi connectivity index (χ1) is 7.89. The van der Waals surface area contributed by atoms with Crippen molar-refractivity contribution in [2.75, 3.05) is 29.5 Å². The number of rotatable bonds is 1. The van der Waals surface area contributed by atoms with Crippen LogP contribution in [0.1, 0.15) is 11.4 Å². The Labute approximate surface area is 106 Å². The Bertz CT molecular complexity index is 531. The van der Waals surface area contributed by atoms with Crippen molar-refractivity contribution in [3.8, 4) is 0 Å². The molecule has 0 amide bonds. The van der Waals surface area contributed by atoms with Gasteiger partial charge in [-0.15, -0.1) is 0 Å². The number of aryl methyl sites for hydroxylation is 1. The fraction of sp³-hybridized carbons (Fsp3) is 0.600. The first-order valence-electron chi connectivity index (χ1n) is 5.35. The van der Waals surface area contributed by atoms with E-state index in [0.717, 1.165) is 11.4 Å². The van der Waals surface area contributed by atoms with Crippen LogP contribution in [0.25, 0.3) is 0 Å². The zero-order valence-corrected chi connectivity index (χ0v) is 11.3. The van der Waals surface area contributed by atoms with E-state index in [1.54, 1.807) is 6.92 Å². The van der Waals surface area contributed by atoms with E-state index in [0.29, 0.717) is 24.1 Å². The van der Waals surface area contributed by atoms with Crippen LogP contribution >= 0.6 is 11.6 Å². The van der Waals surface area contributed by atoms with Crippen molar-refractivity contribution in [3.05, 3.63) is 16.5 Å². The lowest BCUT2D eigenvalue weighted by molar-refractivity contribution is 0.586. The minimum absolute atomic E-state index is 0.174. The lowest BCUT2D eigenvalue weighted by Crippen LogP contribution is -2.41. The molecule has 0 radical (unpaired) electrons. The van der Waals surface area contributed by atoms with Gasteiger partial charge < -0.3 is 4.90 Å². The van der Waals surface area contributed by atoms with Crippen LogP contribution in [-0.2, 0) is 9.84 Å². The molecule has 1 aromatic heterocycles. The summed E-state index contributed by atoms with van der Waals surface area (Å²) >= 11 is 6.00. The lowest BCUT2D eigenvalue weighted by Gasteiger charge is -2.29. The second-order valence-corrected chi connectivity index (χ2v) is 6.81. The second-order valence-electron chi connectivity index (χ2n) is 4.15. The molecule has 0 spiro atoms. The van der Waals surface area contributed by atoms with Crippen LogP contribution in [0.5, 0.6) is 0 Å². The molecule has 0 atom stereocenters. The van der Waals surface area contributed by atoms with E-state index in [4.69, 9.17) is 11.6 Å². The summed E-state index contributed by atoms with van der Waals surface area (Å²) in [7, 11) is -2.87. The van der Waals surface area contributed by atoms with Gasteiger partial charge >= 0.3 is 0 Å². The molecule has 0 aliphatic carbocycles. The van der Waals surface area contributed by atoms with E-state index in [1.165, 1.54) is 0 Å². The molecule has 2 heterocycles. The molecule has 0 N–H and O–H groups in total. The molecule has 7 heteroatoms. The van der Waals surface area contributed by atoms with Crippen molar-refractivity contribution in [1.82, 2.24) is 9.97 Å². The summed E-state index contributed by atoms with van der Waals surface area (Å²) in [4.78, 5) is 10.4. The maximum absolute atomic E-state index is 11.4. The van der Waals surface area contributed by atoms with Crippen molar-refractivity contribution in [3.63, 3.8) is 0 Å². The van der Waals surface area contributed by atoms with Crippen molar-refractivity contribution >= 4 is 27.3 Å². The average Bonchev–Trinajstić information content (AvgIpc) is 2.24. The summed E-state index contributed by atoms with van der Waals surface area (Å²) in [6.45, 7) is 4.56. The summed E-state index contributed by atoms with van der Waals surface area (Å²) in [5, 5.41) is 0.431. The Morgan fingerprint density at radius 2 is 1.76 bits per heavy atom. The SMILES string of the molecule is Cc1nc(Cl)c(C)c(N2CCS(=O)(=O)CC2)n1. The Balaban J connectivity index is 2.30. The first-order valence-corrected chi connectivity index (χ1v) is 7.55. The molecule has 1 fully saturated rings. The van der Waals surface area contributed by atoms with E-state index < -0.39 is 9.84 Å². The molecule has 2 rings (SSSR count). The molecule has 5 nitrogen and oxygen atoms in total. The van der Waals surface area contributed by atoms with Crippen molar-refractivity contribution in [2.24, 2.45) is 0 Å². The zero-order chi connectivity index (χ0) is 12.6. The molecule has 1 saturated heterocycles. The maximum Gasteiger partial charge on any atom is 0.153 e. The molecule has 0 saturated carbocycles. The van der Waals surface area contributed by atoms with Gasteiger partial charge in [-0.1, -0.05) is 11.6 Å². The normalized spacial score (nSPS) is 19.4. The molecule has 0 unspecified atom stereocenters. The standard InChI is InChI=1S/C10H14ClN3O2S/c1-7-9(11)12-8(2)13-10(7)14-3-5-17(15,16)6-4-14/h3-6H2,1-2H3. The highest BCUT2D eigenvalue weighted by Gasteiger charge is 2.24. The van der Waals surface area contributed by atoms with Crippen molar-refractivity contribution < 1.29 is 8.42 Å². The van der Waals surface area contributed by atoms with Crippen molar-refractivity contribution in [2.45, 2.75) is 13.8 Å². The van der Waals surface area contributed by atoms with Gasteiger partial charge in [-0.2, -0.15) is 0 Å². The van der Waals surface area contributed by atoms with Gasteiger partial charge in [0.05, 0.1) is 11.5 Å². The Hall–Kier alpha value is -0.880. The van der Waals surface area contributed by atoms with Gasteiger partial charge in [0.15, 0.2) is 9.84 Å². The van der Waals surface area contributed by atoms with E-state index in [9.17, 15) is 8.42 Å². The Morgan fingerprint density at radius 1 is 1.18 bits per heavy atom. The Morgan fingerprint density at radius 3 is 2.35 bits per heavy atom. The fourth-order valence-electron chi connectivity index (χ4n) is 1.81. The summed E-state index contributed by atoms with van der Waals surface area (Å²) in [6.07, 6.45) is 0. The largest absolute Gasteiger partial charge is 0.354 e. The summed E-state index contributed by atoms with van der Waals surface area (Å²) in [5.41, 5.74) is 0.802. The van der Waals surface area contributed by atoms with Crippen LogP contribution in [0.2, 0.25) is 5.15 Å².